The van der Waals surface area contributed by atoms with Crippen LogP contribution in [-0.2, 0) is 9.53 Å². The topological polar surface area (TPSA) is 59.6 Å². The lowest BCUT2D eigenvalue weighted by Crippen LogP contribution is -2.47. The van der Waals surface area contributed by atoms with Crippen molar-refractivity contribution in [2.24, 2.45) is 11.8 Å². The SMILES string of the molecule is COC(=O)C1CC2NNCC2CC1Oc1ccc(F)cc1. The first-order chi connectivity index (χ1) is 10.2. The molecule has 4 atom stereocenters. The predicted molar refractivity (Wildman–Crippen MR) is 74.0 cm³/mol. The van der Waals surface area contributed by atoms with Crippen molar-refractivity contribution < 1.29 is 18.7 Å². The molecule has 6 heteroatoms. The van der Waals surface area contributed by atoms with Gasteiger partial charge in [-0.25, -0.2) is 4.39 Å². The summed E-state index contributed by atoms with van der Waals surface area (Å²) in [5.41, 5.74) is 6.32. The fourth-order valence-electron chi connectivity index (χ4n) is 3.19. The Hall–Kier alpha value is -1.66. The van der Waals surface area contributed by atoms with Crippen molar-refractivity contribution in [3.63, 3.8) is 0 Å². The summed E-state index contributed by atoms with van der Waals surface area (Å²) in [6.07, 6.45) is 1.20. The summed E-state index contributed by atoms with van der Waals surface area (Å²) >= 11 is 0. The minimum atomic E-state index is -0.311. The number of hydrogen-bond acceptors (Lipinski definition) is 5. The molecule has 21 heavy (non-hydrogen) atoms. The molecule has 2 aliphatic rings. The molecule has 0 radical (unpaired) electrons. The van der Waals surface area contributed by atoms with Gasteiger partial charge in [-0.2, -0.15) is 0 Å². The highest BCUT2D eigenvalue weighted by Crippen LogP contribution is 2.34. The van der Waals surface area contributed by atoms with E-state index in [1.807, 2.05) is 0 Å². The number of esters is 1. The van der Waals surface area contributed by atoms with Crippen LogP contribution < -0.4 is 15.6 Å². The molecule has 114 valence electrons. The molecular weight excluding hydrogens is 275 g/mol. The summed E-state index contributed by atoms with van der Waals surface area (Å²) in [4.78, 5) is 12.0. The van der Waals surface area contributed by atoms with E-state index >= 15 is 0 Å². The highest BCUT2D eigenvalue weighted by atomic mass is 19.1. The number of carbonyl (C=O) groups excluding carboxylic acids is 1. The van der Waals surface area contributed by atoms with E-state index in [1.54, 1.807) is 12.1 Å². The van der Waals surface area contributed by atoms with Crippen molar-refractivity contribution in [1.82, 2.24) is 10.9 Å². The van der Waals surface area contributed by atoms with Crippen molar-refractivity contribution in [2.75, 3.05) is 13.7 Å². The van der Waals surface area contributed by atoms with Gasteiger partial charge in [0.15, 0.2) is 0 Å². The van der Waals surface area contributed by atoms with Gasteiger partial charge in [0.25, 0.3) is 0 Å². The monoisotopic (exact) mass is 294 g/mol. The second-order valence-electron chi connectivity index (χ2n) is 5.60. The first-order valence-corrected chi connectivity index (χ1v) is 7.16. The summed E-state index contributed by atoms with van der Waals surface area (Å²) in [6.45, 7) is 0.863. The first kappa shape index (κ1) is 14.3. The maximum absolute atomic E-state index is 13.0. The molecule has 0 amide bonds. The van der Waals surface area contributed by atoms with Crippen LogP contribution in [0.3, 0.4) is 0 Å². The quantitative estimate of drug-likeness (QED) is 0.822. The average molecular weight is 294 g/mol. The second-order valence-corrected chi connectivity index (χ2v) is 5.60. The molecule has 1 aromatic rings. The van der Waals surface area contributed by atoms with Crippen LogP contribution in [0.2, 0.25) is 0 Å². The number of ether oxygens (including phenoxy) is 2. The number of rotatable bonds is 3. The summed E-state index contributed by atoms with van der Waals surface area (Å²) in [5, 5.41) is 0. The van der Waals surface area contributed by atoms with Crippen molar-refractivity contribution in [1.29, 1.82) is 0 Å². The molecule has 1 aliphatic carbocycles. The van der Waals surface area contributed by atoms with E-state index in [9.17, 15) is 9.18 Å². The highest BCUT2D eigenvalue weighted by molar-refractivity contribution is 5.73. The Balaban J connectivity index is 1.75. The zero-order chi connectivity index (χ0) is 14.8. The van der Waals surface area contributed by atoms with Gasteiger partial charge < -0.3 is 9.47 Å². The smallest absolute Gasteiger partial charge is 0.312 e. The molecule has 1 aromatic carbocycles. The molecule has 1 saturated heterocycles. The molecule has 0 aromatic heterocycles. The van der Waals surface area contributed by atoms with Gasteiger partial charge in [-0.05, 0) is 43.0 Å². The number of hydrazine groups is 1. The molecule has 2 fully saturated rings. The number of carbonyl (C=O) groups is 1. The van der Waals surface area contributed by atoms with Gasteiger partial charge in [-0.15, -0.1) is 0 Å². The summed E-state index contributed by atoms with van der Waals surface area (Å²) < 4.78 is 23.8. The summed E-state index contributed by atoms with van der Waals surface area (Å²) in [6, 6.07) is 6.14. The van der Waals surface area contributed by atoms with Gasteiger partial charge in [-0.1, -0.05) is 0 Å². The van der Waals surface area contributed by atoms with Crippen LogP contribution in [0.1, 0.15) is 12.8 Å². The molecule has 3 rings (SSSR count). The summed E-state index contributed by atoms with van der Waals surface area (Å²) in [5.74, 6) is 0.131. The van der Waals surface area contributed by atoms with Gasteiger partial charge in [0, 0.05) is 12.6 Å². The molecule has 0 spiro atoms. The fourth-order valence-corrected chi connectivity index (χ4v) is 3.19. The standard InChI is InChI=1S/C15H19FN2O3/c1-20-15(19)12-7-13-9(8-17-18-13)6-14(12)21-11-4-2-10(16)3-5-11/h2-5,9,12-14,17-18H,6-8H2,1H3. The highest BCUT2D eigenvalue weighted by Gasteiger charge is 2.44. The number of hydrogen-bond donors (Lipinski definition) is 2. The fraction of sp³-hybridized carbons (Fsp3) is 0.533. The van der Waals surface area contributed by atoms with E-state index in [1.165, 1.54) is 19.2 Å². The van der Waals surface area contributed by atoms with Crippen LogP contribution in [0, 0.1) is 17.7 Å². The predicted octanol–water partition coefficient (Wildman–Crippen LogP) is 1.25. The van der Waals surface area contributed by atoms with Crippen LogP contribution in [0.4, 0.5) is 4.39 Å². The van der Waals surface area contributed by atoms with E-state index in [0.717, 1.165) is 13.0 Å². The van der Waals surface area contributed by atoms with Gasteiger partial charge in [-0.3, -0.25) is 15.6 Å². The average Bonchev–Trinajstić information content (AvgIpc) is 2.95. The molecule has 1 heterocycles. The van der Waals surface area contributed by atoms with E-state index in [-0.39, 0.29) is 29.9 Å². The Morgan fingerprint density at radius 1 is 1.29 bits per heavy atom. The first-order valence-electron chi connectivity index (χ1n) is 7.16. The van der Waals surface area contributed by atoms with Crippen LogP contribution in [-0.4, -0.2) is 31.8 Å². The molecule has 4 unspecified atom stereocenters. The molecule has 1 aliphatic heterocycles. The normalized spacial score (nSPS) is 31.5. The van der Waals surface area contributed by atoms with E-state index < -0.39 is 0 Å². The van der Waals surface area contributed by atoms with E-state index in [4.69, 9.17) is 9.47 Å². The Bertz CT molecular complexity index is 508. The Kier molecular flexibility index (Phi) is 4.07. The second kappa shape index (κ2) is 5.99. The summed E-state index contributed by atoms with van der Waals surface area (Å²) in [7, 11) is 1.39. The molecule has 5 nitrogen and oxygen atoms in total. The van der Waals surface area contributed by atoms with Crippen LogP contribution in [0.15, 0.2) is 24.3 Å². The Morgan fingerprint density at radius 3 is 2.76 bits per heavy atom. The van der Waals surface area contributed by atoms with Crippen molar-refractivity contribution in [3.05, 3.63) is 30.1 Å². The maximum Gasteiger partial charge on any atom is 0.312 e. The lowest BCUT2D eigenvalue weighted by Gasteiger charge is -2.36. The van der Waals surface area contributed by atoms with Gasteiger partial charge >= 0.3 is 5.97 Å². The minimum absolute atomic E-state index is 0.245. The Morgan fingerprint density at radius 2 is 2.05 bits per heavy atom. The third-order valence-corrected chi connectivity index (χ3v) is 4.32. The van der Waals surface area contributed by atoms with E-state index in [2.05, 4.69) is 10.9 Å². The number of fused-ring (bicyclic) bond motifs is 1. The molecule has 1 saturated carbocycles. The molecular formula is C15H19FN2O3. The van der Waals surface area contributed by atoms with Crippen molar-refractivity contribution in [2.45, 2.75) is 25.0 Å². The minimum Gasteiger partial charge on any atom is -0.490 e. The van der Waals surface area contributed by atoms with Crippen LogP contribution in [0.5, 0.6) is 5.75 Å². The molecule has 2 N–H and O–H groups in total. The zero-order valence-corrected chi connectivity index (χ0v) is 11.8. The lowest BCUT2D eigenvalue weighted by molar-refractivity contribution is -0.151. The van der Waals surface area contributed by atoms with Crippen LogP contribution >= 0.6 is 0 Å². The zero-order valence-electron chi connectivity index (χ0n) is 11.8. The van der Waals surface area contributed by atoms with Crippen LogP contribution in [0.25, 0.3) is 0 Å². The lowest BCUT2D eigenvalue weighted by atomic mass is 9.77. The molecule has 0 bridgehead atoms. The van der Waals surface area contributed by atoms with Crippen molar-refractivity contribution >= 4 is 5.97 Å². The van der Waals surface area contributed by atoms with Gasteiger partial charge in [0.1, 0.15) is 17.7 Å². The number of benzene rings is 1. The number of methoxy groups -OCH3 is 1. The Labute approximate surface area is 122 Å². The largest absolute Gasteiger partial charge is 0.490 e. The number of halogens is 1. The van der Waals surface area contributed by atoms with Gasteiger partial charge in [0.05, 0.1) is 13.0 Å². The van der Waals surface area contributed by atoms with Crippen molar-refractivity contribution in [3.8, 4) is 5.75 Å². The maximum atomic E-state index is 13.0. The third kappa shape index (κ3) is 3.01. The third-order valence-electron chi connectivity index (χ3n) is 4.32. The number of nitrogens with one attached hydrogen (secondary N) is 2. The van der Waals surface area contributed by atoms with Gasteiger partial charge in [0.2, 0.25) is 0 Å². The van der Waals surface area contributed by atoms with E-state index in [0.29, 0.717) is 18.1 Å².